The number of carbonyl (C=O) groups is 1. The highest BCUT2D eigenvalue weighted by molar-refractivity contribution is 7.92. The first-order valence-corrected chi connectivity index (χ1v) is 13.6. The number of sulfonamides is 1. The third-order valence-corrected chi connectivity index (χ3v) is 8.35. The van der Waals surface area contributed by atoms with E-state index in [0.717, 1.165) is 43.9 Å². The lowest BCUT2D eigenvalue weighted by Crippen LogP contribution is -2.35. The van der Waals surface area contributed by atoms with Crippen molar-refractivity contribution in [2.75, 3.05) is 18.0 Å². The topological polar surface area (TPSA) is 72.9 Å². The SMILES string of the molecule is COC(=O)c1ccc(COc2cc(C(F)(F)F)ccc2N(CC2CCCC2)S(=O)(=O)c2ccccc2)cc1. The highest BCUT2D eigenvalue weighted by atomic mass is 32.2. The summed E-state index contributed by atoms with van der Waals surface area (Å²) in [5.74, 6) is -0.643. The van der Waals surface area contributed by atoms with Crippen LogP contribution in [0.2, 0.25) is 0 Å². The Morgan fingerprint density at radius 1 is 0.974 bits per heavy atom. The van der Waals surface area contributed by atoms with Gasteiger partial charge in [-0.25, -0.2) is 13.2 Å². The first kappa shape index (κ1) is 27.5. The number of esters is 1. The summed E-state index contributed by atoms with van der Waals surface area (Å²) in [6, 6.07) is 16.9. The molecular weight excluding hydrogens is 519 g/mol. The zero-order valence-corrected chi connectivity index (χ0v) is 21.6. The highest BCUT2D eigenvalue weighted by Crippen LogP contribution is 2.40. The van der Waals surface area contributed by atoms with E-state index in [0.29, 0.717) is 11.1 Å². The molecule has 0 aliphatic heterocycles. The summed E-state index contributed by atoms with van der Waals surface area (Å²) in [7, 11) is -2.83. The monoisotopic (exact) mass is 547 g/mol. The largest absolute Gasteiger partial charge is 0.487 e. The number of hydrogen-bond acceptors (Lipinski definition) is 5. The van der Waals surface area contributed by atoms with E-state index in [9.17, 15) is 26.4 Å². The third kappa shape index (κ3) is 6.30. The molecule has 0 atom stereocenters. The van der Waals surface area contributed by atoms with Gasteiger partial charge in [0, 0.05) is 6.54 Å². The Morgan fingerprint density at radius 2 is 1.63 bits per heavy atom. The predicted molar refractivity (Wildman–Crippen MR) is 136 cm³/mol. The van der Waals surface area contributed by atoms with Gasteiger partial charge >= 0.3 is 12.1 Å². The molecule has 0 amide bonds. The van der Waals surface area contributed by atoms with Crippen LogP contribution in [0.15, 0.2) is 77.7 Å². The molecule has 0 spiro atoms. The zero-order chi connectivity index (χ0) is 27.3. The molecule has 0 aromatic heterocycles. The second-order valence-corrected chi connectivity index (χ2v) is 11.0. The van der Waals surface area contributed by atoms with E-state index in [2.05, 4.69) is 4.74 Å². The Labute approximate surface area is 220 Å². The number of rotatable bonds is 9. The number of halogens is 3. The first-order chi connectivity index (χ1) is 18.1. The summed E-state index contributed by atoms with van der Waals surface area (Å²) in [6.45, 7) is -0.00874. The van der Waals surface area contributed by atoms with Crippen LogP contribution in [0.1, 0.15) is 47.2 Å². The highest BCUT2D eigenvalue weighted by Gasteiger charge is 2.35. The summed E-state index contributed by atoms with van der Waals surface area (Å²) in [5, 5.41) is 0. The Balaban J connectivity index is 1.73. The van der Waals surface area contributed by atoms with Crippen LogP contribution in [0.3, 0.4) is 0 Å². The molecule has 0 N–H and O–H groups in total. The van der Waals surface area contributed by atoms with E-state index in [-0.39, 0.29) is 35.4 Å². The molecule has 3 aromatic rings. The van der Waals surface area contributed by atoms with Gasteiger partial charge < -0.3 is 9.47 Å². The van der Waals surface area contributed by atoms with Gasteiger partial charge in [-0.05, 0) is 66.8 Å². The number of methoxy groups -OCH3 is 1. The lowest BCUT2D eigenvalue weighted by Gasteiger charge is -2.29. The molecule has 0 saturated heterocycles. The molecule has 0 radical (unpaired) electrons. The summed E-state index contributed by atoms with van der Waals surface area (Å²) in [5.41, 5.74) is -0.0166. The minimum absolute atomic E-state index is 0.0416. The van der Waals surface area contributed by atoms with Crippen LogP contribution in [-0.2, 0) is 27.5 Å². The molecule has 6 nitrogen and oxygen atoms in total. The van der Waals surface area contributed by atoms with Crippen LogP contribution in [0, 0.1) is 5.92 Å². The molecular formula is C28H28F3NO5S. The fourth-order valence-corrected chi connectivity index (χ4v) is 6.07. The molecule has 1 aliphatic carbocycles. The summed E-state index contributed by atoms with van der Waals surface area (Å²) in [6.07, 6.45) is -1.02. The molecule has 38 heavy (non-hydrogen) atoms. The molecule has 0 heterocycles. The molecule has 1 aliphatic rings. The summed E-state index contributed by atoms with van der Waals surface area (Å²) < 4.78 is 80.1. The normalized spacial score (nSPS) is 14.3. The third-order valence-electron chi connectivity index (χ3n) is 6.56. The van der Waals surface area contributed by atoms with Crippen molar-refractivity contribution in [3.63, 3.8) is 0 Å². The first-order valence-electron chi connectivity index (χ1n) is 12.2. The van der Waals surface area contributed by atoms with Gasteiger partial charge in [-0.1, -0.05) is 43.2 Å². The van der Waals surface area contributed by atoms with Gasteiger partial charge in [0.25, 0.3) is 10.0 Å². The molecule has 0 unspecified atom stereocenters. The summed E-state index contributed by atoms with van der Waals surface area (Å²) in [4.78, 5) is 11.7. The number of ether oxygens (including phenoxy) is 2. The van der Waals surface area contributed by atoms with Crippen LogP contribution in [0.4, 0.5) is 18.9 Å². The number of anilines is 1. The van der Waals surface area contributed by atoms with Gasteiger partial charge in [-0.15, -0.1) is 0 Å². The van der Waals surface area contributed by atoms with E-state index < -0.39 is 27.7 Å². The lowest BCUT2D eigenvalue weighted by atomic mass is 10.1. The second kappa shape index (κ2) is 11.5. The zero-order valence-electron chi connectivity index (χ0n) is 20.8. The van der Waals surface area contributed by atoms with E-state index in [1.807, 2.05) is 0 Å². The second-order valence-electron chi connectivity index (χ2n) is 9.16. The minimum atomic E-state index is -4.65. The number of hydrogen-bond donors (Lipinski definition) is 0. The molecule has 202 valence electrons. The smallest absolute Gasteiger partial charge is 0.416 e. The fraction of sp³-hybridized carbons (Fsp3) is 0.321. The van der Waals surface area contributed by atoms with Crippen molar-refractivity contribution in [2.45, 2.75) is 43.4 Å². The van der Waals surface area contributed by atoms with Crippen molar-refractivity contribution >= 4 is 21.7 Å². The van der Waals surface area contributed by atoms with E-state index in [4.69, 9.17) is 4.74 Å². The van der Waals surface area contributed by atoms with Gasteiger partial charge in [0.15, 0.2) is 0 Å². The van der Waals surface area contributed by atoms with Gasteiger partial charge in [-0.3, -0.25) is 4.31 Å². The van der Waals surface area contributed by atoms with Crippen molar-refractivity contribution in [1.82, 2.24) is 0 Å². The number of alkyl halides is 3. The minimum Gasteiger partial charge on any atom is -0.487 e. The maximum absolute atomic E-state index is 13.8. The molecule has 4 rings (SSSR count). The quantitative estimate of drug-likeness (QED) is 0.288. The standard InChI is InChI=1S/C28H28F3NO5S/c1-36-27(33)22-13-11-21(12-14-22)19-37-26-17-23(28(29,30)31)15-16-25(26)32(18-20-7-5-6-8-20)38(34,35)24-9-3-2-4-10-24/h2-4,9-17,20H,5-8,18-19H2,1H3. The lowest BCUT2D eigenvalue weighted by molar-refractivity contribution is -0.137. The number of benzene rings is 3. The molecule has 10 heteroatoms. The van der Waals surface area contributed by atoms with Crippen LogP contribution >= 0.6 is 0 Å². The average molecular weight is 548 g/mol. The van der Waals surface area contributed by atoms with Crippen LogP contribution < -0.4 is 9.04 Å². The van der Waals surface area contributed by atoms with Crippen molar-refractivity contribution in [1.29, 1.82) is 0 Å². The summed E-state index contributed by atoms with van der Waals surface area (Å²) >= 11 is 0. The van der Waals surface area contributed by atoms with Gasteiger partial charge in [0.1, 0.15) is 12.4 Å². The van der Waals surface area contributed by atoms with E-state index in [1.165, 1.54) is 35.7 Å². The number of nitrogens with zero attached hydrogens (tertiary/aromatic N) is 1. The Hall–Kier alpha value is -3.53. The Morgan fingerprint density at radius 3 is 2.24 bits per heavy atom. The van der Waals surface area contributed by atoms with Crippen molar-refractivity contribution in [2.24, 2.45) is 5.92 Å². The fourth-order valence-electron chi connectivity index (χ4n) is 4.50. The molecule has 1 saturated carbocycles. The maximum Gasteiger partial charge on any atom is 0.416 e. The molecule has 1 fully saturated rings. The van der Waals surface area contributed by atoms with Crippen molar-refractivity contribution in [3.05, 3.63) is 89.5 Å². The van der Waals surface area contributed by atoms with Crippen molar-refractivity contribution < 1.29 is 35.9 Å². The van der Waals surface area contributed by atoms with Crippen LogP contribution in [0.5, 0.6) is 5.75 Å². The van der Waals surface area contributed by atoms with E-state index >= 15 is 0 Å². The molecule has 0 bridgehead atoms. The van der Waals surface area contributed by atoms with Gasteiger partial charge in [0.05, 0.1) is 28.8 Å². The van der Waals surface area contributed by atoms with Crippen LogP contribution in [0.25, 0.3) is 0 Å². The van der Waals surface area contributed by atoms with Gasteiger partial charge in [-0.2, -0.15) is 13.2 Å². The Bertz CT molecular complexity index is 1350. The molecule has 3 aromatic carbocycles. The van der Waals surface area contributed by atoms with E-state index in [1.54, 1.807) is 30.3 Å². The predicted octanol–water partition coefficient (Wildman–Crippen LogP) is 6.46. The number of carbonyl (C=O) groups excluding carboxylic acids is 1. The maximum atomic E-state index is 13.8. The van der Waals surface area contributed by atoms with Crippen LogP contribution in [-0.4, -0.2) is 28.0 Å². The Kier molecular flexibility index (Phi) is 8.30. The average Bonchev–Trinajstić information content (AvgIpc) is 3.44. The van der Waals surface area contributed by atoms with Gasteiger partial charge in [0.2, 0.25) is 0 Å². The van der Waals surface area contributed by atoms with Crippen molar-refractivity contribution in [3.8, 4) is 5.75 Å².